The largest absolute Gasteiger partial charge is 0.384 e. The number of hydrogen-bond acceptors (Lipinski definition) is 2. The maximum Gasteiger partial charge on any atom is 0.104 e. The van der Waals surface area contributed by atoms with Crippen LogP contribution in [0.25, 0.3) is 10.9 Å². The van der Waals surface area contributed by atoms with Gasteiger partial charge in [-0.1, -0.05) is 50.2 Å². The van der Waals surface area contributed by atoms with Crippen LogP contribution in [-0.2, 0) is 0 Å². The first kappa shape index (κ1) is 13.8. The van der Waals surface area contributed by atoms with Gasteiger partial charge in [0.2, 0.25) is 0 Å². The summed E-state index contributed by atoms with van der Waals surface area (Å²) in [6.07, 6.45) is 1.18. The summed E-state index contributed by atoms with van der Waals surface area (Å²) in [7, 11) is 0. The molecular formula is C19H19NO. The van der Waals surface area contributed by atoms with E-state index in [1.807, 2.05) is 42.5 Å². The fourth-order valence-electron chi connectivity index (χ4n) is 2.52. The third kappa shape index (κ3) is 2.81. The lowest BCUT2D eigenvalue weighted by Gasteiger charge is -2.13. The molecule has 1 unspecified atom stereocenters. The fraction of sp³-hybridized carbons (Fsp3) is 0.211. The van der Waals surface area contributed by atoms with E-state index in [-0.39, 0.29) is 0 Å². The molecule has 3 rings (SSSR count). The molecule has 2 heteroatoms. The lowest BCUT2D eigenvalue weighted by Crippen LogP contribution is -2.00. The zero-order valence-corrected chi connectivity index (χ0v) is 12.3. The molecule has 3 aromatic rings. The van der Waals surface area contributed by atoms with Crippen molar-refractivity contribution in [2.24, 2.45) is 0 Å². The van der Waals surface area contributed by atoms with Crippen LogP contribution in [-0.4, -0.2) is 10.1 Å². The van der Waals surface area contributed by atoms with Gasteiger partial charge in [-0.15, -0.1) is 0 Å². The Balaban J connectivity index is 1.93. The Morgan fingerprint density at radius 1 is 0.857 bits per heavy atom. The second kappa shape index (κ2) is 5.66. The van der Waals surface area contributed by atoms with Gasteiger partial charge in [-0.2, -0.15) is 0 Å². The SMILES string of the molecule is CC(C)c1ccc(C(O)c2ccc3ncccc3c2)cc1. The maximum atomic E-state index is 10.6. The Kier molecular flexibility index (Phi) is 3.72. The molecule has 2 nitrogen and oxygen atoms in total. The molecule has 0 radical (unpaired) electrons. The molecule has 0 aliphatic heterocycles. The number of hydrogen-bond donors (Lipinski definition) is 1. The van der Waals surface area contributed by atoms with Crippen molar-refractivity contribution in [2.75, 3.05) is 0 Å². The van der Waals surface area contributed by atoms with Crippen LogP contribution in [0, 0.1) is 0 Å². The normalized spacial score (nSPS) is 12.8. The van der Waals surface area contributed by atoms with Crippen molar-refractivity contribution in [1.82, 2.24) is 4.98 Å². The van der Waals surface area contributed by atoms with Gasteiger partial charge in [-0.25, -0.2) is 0 Å². The standard InChI is InChI=1S/C19H19NO/c1-13(2)14-5-7-15(8-6-14)19(21)17-9-10-18-16(12-17)4-3-11-20-18/h3-13,19,21H,1-2H3. The third-order valence-corrected chi connectivity index (χ3v) is 3.86. The molecule has 1 aromatic heterocycles. The van der Waals surface area contributed by atoms with Gasteiger partial charge in [0.05, 0.1) is 5.52 Å². The molecule has 106 valence electrons. The van der Waals surface area contributed by atoms with Gasteiger partial charge >= 0.3 is 0 Å². The van der Waals surface area contributed by atoms with E-state index >= 15 is 0 Å². The van der Waals surface area contributed by atoms with Crippen molar-refractivity contribution in [1.29, 1.82) is 0 Å². The van der Waals surface area contributed by atoms with Gasteiger partial charge in [0.1, 0.15) is 6.10 Å². The van der Waals surface area contributed by atoms with Gasteiger partial charge in [-0.3, -0.25) is 4.98 Å². The zero-order valence-electron chi connectivity index (χ0n) is 12.3. The van der Waals surface area contributed by atoms with Gasteiger partial charge in [0.15, 0.2) is 0 Å². The van der Waals surface area contributed by atoms with Crippen LogP contribution in [0.5, 0.6) is 0 Å². The van der Waals surface area contributed by atoms with Crippen LogP contribution in [0.15, 0.2) is 60.8 Å². The highest BCUT2D eigenvalue weighted by Gasteiger charge is 2.11. The highest BCUT2D eigenvalue weighted by molar-refractivity contribution is 5.79. The zero-order chi connectivity index (χ0) is 14.8. The molecule has 1 N–H and O–H groups in total. The Bertz CT molecular complexity index is 747. The van der Waals surface area contributed by atoms with E-state index in [1.165, 1.54) is 5.56 Å². The number of pyridine rings is 1. The van der Waals surface area contributed by atoms with Crippen LogP contribution >= 0.6 is 0 Å². The lowest BCUT2D eigenvalue weighted by molar-refractivity contribution is 0.220. The summed E-state index contributed by atoms with van der Waals surface area (Å²) in [5.41, 5.74) is 4.05. The van der Waals surface area contributed by atoms with Gasteiger partial charge in [-0.05, 0) is 40.8 Å². The first-order valence-corrected chi connectivity index (χ1v) is 7.28. The number of nitrogens with zero attached hydrogens (tertiary/aromatic N) is 1. The summed E-state index contributed by atoms with van der Waals surface area (Å²) in [6, 6.07) is 18.0. The number of fused-ring (bicyclic) bond motifs is 1. The van der Waals surface area contributed by atoms with Crippen molar-refractivity contribution in [3.8, 4) is 0 Å². The molecule has 0 aliphatic rings. The van der Waals surface area contributed by atoms with Crippen LogP contribution in [0.2, 0.25) is 0 Å². The molecule has 0 amide bonds. The first-order chi connectivity index (χ1) is 10.1. The summed E-state index contributed by atoms with van der Waals surface area (Å²) in [4.78, 5) is 4.30. The molecule has 21 heavy (non-hydrogen) atoms. The maximum absolute atomic E-state index is 10.6. The summed E-state index contributed by atoms with van der Waals surface area (Å²) in [6.45, 7) is 4.34. The van der Waals surface area contributed by atoms with Crippen molar-refractivity contribution in [3.63, 3.8) is 0 Å². The van der Waals surface area contributed by atoms with Crippen molar-refractivity contribution in [3.05, 3.63) is 77.5 Å². The predicted molar refractivity (Wildman–Crippen MR) is 86.3 cm³/mol. The van der Waals surface area contributed by atoms with Crippen LogP contribution in [0.3, 0.4) is 0 Å². The van der Waals surface area contributed by atoms with E-state index in [9.17, 15) is 5.11 Å². The number of aliphatic hydroxyl groups excluding tert-OH is 1. The molecule has 0 saturated carbocycles. The molecule has 1 heterocycles. The van der Waals surface area contributed by atoms with Gasteiger partial charge in [0.25, 0.3) is 0 Å². The number of benzene rings is 2. The number of rotatable bonds is 3. The van der Waals surface area contributed by atoms with E-state index in [0.717, 1.165) is 22.0 Å². The van der Waals surface area contributed by atoms with Crippen LogP contribution < -0.4 is 0 Å². The number of aromatic nitrogens is 1. The van der Waals surface area contributed by atoms with E-state index < -0.39 is 6.10 Å². The molecular weight excluding hydrogens is 258 g/mol. The molecule has 0 aliphatic carbocycles. The average molecular weight is 277 g/mol. The molecule has 0 saturated heterocycles. The quantitative estimate of drug-likeness (QED) is 0.767. The lowest BCUT2D eigenvalue weighted by atomic mass is 9.96. The minimum Gasteiger partial charge on any atom is -0.384 e. The average Bonchev–Trinajstić information content (AvgIpc) is 2.54. The second-order valence-corrected chi connectivity index (χ2v) is 5.68. The molecule has 2 aromatic carbocycles. The van der Waals surface area contributed by atoms with E-state index in [2.05, 4.69) is 31.0 Å². The highest BCUT2D eigenvalue weighted by Crippen LogP contribution is 2.26. The minimum absolute atomic E-state index is 0.503. The Labute approximate surface area is 125 Å². The van der Waals surface area contributed by atoms with E-state index in [0.29, 0.717) is 5.92 Å². The summed E-state index contributed by atoms with van der Waals surface area (Å²) >= 11 is 0. The molecule has 1 atom stereocenters. The molecule has 0 fully saturated rings. The number of aliphatic hydroxyl groups is 1. The third-order valence-electron chi connectivity index (χ3n) is 3.86. The predicted octanol–water partition coefficient (Wildman–Crippen LogP) is 4.44. The van der Waals surface area contributed by atoms with E-state index in [1.54, 1.807) is 6.20 Å². The van der Waals surface area contributed by atoms with Gasteiger partial charge < -0.3 is 5.11 Å². The Morgan fingerprint density at radius 2 is 1.52 bits per heavy atom. The first-order valence-electron chi connectivity index (χ1n) is 7.28. The topological polar surface area (TPSA) is 33.1 Å². The van der Waals surface area contributed by atoms with Crippen molar-refractivity contribution < 1.29 is 5.11 Å². The molecule has 0 bridgehead atoms. The van der Waals surface area contributed by atoms with Crippen LogP contribution in [0.1, 0.15) is 42.6 Å². The minimum atomic E-state index is -0.601. The highest BCUT2D eigenvalue weighted by atomic mass is 16.3. The van der Waals surface area contributed by atoms with Crippen molar-refractivity contribution in [2.45, 2.75) is 25.9 Å². The fourth-order valence-corrected chi connectivity index (χ4v) is 2.52. The second-order valence-electron chi connectivity index (χ2n) is 5.68. The van der Waals surface area contributed by atoms with Gasteiger partial charge in [0, 0.05) is 11.6 Å². The summed E-state index contributed by atoms with van der Waals surface area (Å²) in [5, 5.41) is 11.6. The summed E-state index contributed by atoms with van der Waals surface area (Å²) in [5.74, 6) is 0.503. The Hall–Kier alpha value is -2.19. The monoisotopic (exact) mass is 277 g/mol. The molecule has 0 spiro atoms. The van der Waals surface area contributed by atoms with Crippen molar-refractivity contribution >= 4 is 10.9 Å². The summed E-state index contributed by atoms with van der Waals surface area (Å²) < 4.78 is 0. The Morgan fingerprint density at radius 3 is 2.24 bits per heavy atom. The van der Waals surface area contributed by atoms with E-state index in [4.69, 9.17) is 0 Å². The van der Waals surface area contributed by atoms with Crippen LogP contribution in [0.4, 0.5) is 0 Å². The smallest absolute Gasteiger partial charge is 0.104 e.